The largest absolute Gasteiger partial charge is 0.307 e. The zero-order valence-electron chi connectivity index (χ0n) is 8.80. The summed E-state index contributed by atoms with van der Waals surface area (Å²) in [6.07, 6.45) is 2.01. The Hall–Kier alpha value is -0.930. The second kappa shape index (κ2) is 4.93. The predicted octanol–water partition coefficient (Wildman–Crippen LogP) is 2.34. The lowest BCUT2D eigenvalue weighted by molar-refractivity contribution is -0.120. The summed E-state index contributed by atoms with van der Waals surface area (Å²) in [5.41, 5.74) is 0.420. The first-order chi connectivity index (χ1) is 7.66. The normalized spacial score (nSPS) is 20.0. The molecule has 16 heavy (non-hydrogen) atoms. The van der Waals surface area contributed by atoms with E-state index in [-0.39, 0.29) is 18.2 Å². The minimum absolute atomic E-state index is 0.0544. The number of halogens is 2. The van der Waals surface area contributed by atoms with Crippen LogP contribution >= 0.6 is 11.6 Å². The summed E-state index contributed by atoms with van der Waals surface area (Å²) in [4.78, 5) is 11.8. The fourth-order valence-electron chi connectivity index (χ4n) is 1.94. The van der Waals surface area contributed by atoms with E-state index in [9.17, 15) is 9.18 Å². The molecule has 1 aromatic carbocycles. The summed E-state index contributed by atoms with van der Waals surface area (Å²) in [6.45, 7) is 0.875. The molecule has 0 spiro atoms. The van der Waals surface area contributed by atoms with Gasteiger partial charge in [-0.1, -0.05) is 17.7 Å². The van der Waals surface area contributed by atoms with Crippen LogP contribution in [0, 0.1) is 5.82 Å². The third kappa shape index (κ3) is 2.60. The van der Waals surface area contributed by atoms with Crippen LogP contribution in [0.5, 0.6) is 0 Å². The molecule has 1 aliphatic rings. The Morgan fingerprint density at radius 2 is 2.38 bits per heavy atom. The van der Waals surface area contributed by atoms with Crippen molar-refractivity contribution in [2.24, 2.45) is 0 Å². The summed E-state index contributed by atoms with van der Waals surface area (Å²) >= 11 is 5.64. The maximum atomic E-state index is 13.4. The van der Waals surface area contributed by atoms with E-state index in [1.807, 2.05) is 0 Å². The fraction of sp³-hybridized carbons (Fsp3) is 0.417. The molecule has 1 fully saturated rings. The standard InChI is InChI=1S/C12H13ClFNO/c13-9-4-3-8(10(14)7-9)6-12(16)11-2-1-5-15-11/h3-4,7,11,15H,1-2,5-6H2. The van der Waals surface area contributed by atoms with Gasteiger partial charge in [0.05, 0.1) is 6.04 Å². The van der Waals surface area contributed by atoms with Gasteiger partial charge in [-0.05, 0) is 37.1 Å². The first kappa shape index (κ1) is 11.6. The van der Waals surface area contributed by atoms with Crippen molar-refractivity contribution in [3.8, 4) is 0 Å². The van der Waals surface area contributed by atoms with Crippen LogP contribution < -0.4 is 5.32 Å². The molecule has 1 atom stereocenters. The van der Waals surface area contributed by atoms with Crippen LogP contribution in [-0.2, 0) is 11.2 Å². The highest BCUT2D eigenvalue weighted by molar-refractivity contribution is 6.30. The van der Waals surface area contributed by atoms with Crippen LogP contribution in [0.15, 0.2) is 18.2 Å². The Balaban J connectivity index is 2.05. The molecule has 0 amide bonds. The Kier molecular flexibility index (Phi) is 3.56. The van der Waals surface area contributed by atoms with Crippen LogP contribution in [0.25, 0.3) is 0 Å². The Morgan fingerprint density at radius 3 is 3.00 bits per heavy atom. The molecule has 1 heterocycles. The summed E-state index contributed by atoms with van der Waals surface area (Å²) < 4.78 is 13.4. The fourth-order valence-corrected chi connectivity index (χ4v) is 2.09. The van der Waals surface area contributed by atoms with E-state index < -0.39 is 5.82 Å². The molecule has 0 aromatic heterocycles. The molecular weight excluding hydrogens is 229 g/mol. The molecule has 2 rings (SSSR count). The van der Waals surface area contributed by atoms with Gasteiger partial charge in [-0.15, -0.1) is 0 Å². The SMILES string of the molecule is O=C(Cc1ccc(Cl)cc1F)C1CCCN1. The minimum atomic E-state index is -0.404. The Morgan fingerprint density at radius 1 is 1.56 bits per heavy atom. The first-order valence-electron chi connectivity index (χ1n) is 5.37. The highest BCUT2D eigenvalue weighted by Crippen LogP contribution is 2.17. The summed E-state index contributed by atoms with van der Waals surface area (Å²) in [5.74, 6) is -0.349. The summed E-state index contributed by atoms with van der Waals surface area (Å²) in [7, 11) is 0. The lowest BCUT2D eigenvalue weighted by Crippen LogP contribution is -2.32. The van der Waals surface area contributed by atoms with Crippen LogP contribution in [0.4, 0.5) is 4.39 Å². The zero-order chi connectivity index (χ0) is 11.5. The van der Waals surface area contributed by atoms with Crippen molar-refractivity contribution in [3.05, 3.63) is 34.6 Å². The molecule has 1 N–H and O–H groups in total. The van der Waals surface area contributed by atoms with Crippen molar-refractivity contribution in [2.45, 2.75) is 25.3 Å². The van der Waals surface area contributed by atoms with E-state index in [1.54, 1.807) is 12.1 Å². The van der Waals surface area contributed by atoms with Gasteiger partial charge < -0.3 is 5.32 Å². The van der Waals surface area contributed by atoms with Gasteiger partial charge in [-0.2, -0.15) is 0 Å². The van der Waals surface area contributed by atoms with Crippen molar-refractivity contribution >= 4 is 17.4 Å². The molecule has 1 aliphatic heterocycles. The van der Waals surface area contributed by atoms with Crippen molar-refractivity contribution in [1.29, 1.82) is 0 Å². The summed E-state index contributed by atoms with van der Waals surface area (Å²) in [5, 5.41) is 3.46. The van der Waals surface area contributed by atoms with E-state index >= 15 is 0 Å². The number of rotatable bonds is 3. The number of carbonyl (C=O) groups excluding carboxylic acids is 1. The lowest BCUT2D eigenvalue weighted by atomic mass is 10.0. The van der Waals surface area contributed by atoms with Crippen molar-refractivity contribution in [3.63, 3.8) is 0 Å². The monoisotopic (exact) mass is 241 g/mol. The van der Waals surface area contributed by atoms with E-state index in [2.05, 4.69) is 5.32 Å². The molecule has 0 radical (unpaired) electrons. The number of ketones is 1. The third-order valence-corrected chi connectivity index (χ3v) is 3.06. The highest BCUT2D eigenvalue weighted by Gasteiger charge is 2.22. The molecule has 2 nitrogen and oxygen atoms in total. The smallest absolute Gasteiger partial charge is 0.154 e. The van der Waals surface area contributed by atoms with Crippen molar-refractivity contribution in [1.82, 2.24) is 5.32 Å². The second-order valence-corrected chi connectivity index (χ2v) is 4.46. The van der Waals surface area contributed by atoms with Gasteiger partial charge in [0.1, 0.15) is 5.82 Å². The van der Waals surface area contributed by atoms with E-state index in [0.717, 1.165) is 19.4 Å². The van der Waals surface area contributed by atoms with Crippen LogP contribution in [0.2, 0.25) is 5.02 Å². The average Bonchev–Trinajstić information content (AvgIpc) is 2.75. The number of hydrogen-bond donors (Lipinski definition) is 1. The van der Waals surface area contributed by atoms with Crippen LogP contribution in [0.1, 0.15) is 18.4 Å². The Labute approximate surface area is 98.8 Å². The van der Waals surface area contributed by atoms with E-state index in [4.69, 9.17) is 11.6 Å². The van der Waals surface area contributed by atoms with Crippen LogP contribution in [0.3, 0.4) is 0 Å². The van der Waals surface area contributed by atoms with Gasteiger partial charge in [0.2, 0.25) is 0 Å². The number of nitrogens with one attached hydrogen (secondary N) is 1. The maximum Gasteiger partial charge on any atom is 0.154 e. The zero-order valence-corrected chi connectivity index (χ0v) is 9.56. The van der Waals surface area contributed by atoms with Gasteiger partial charge in [0.25, 0.3) is 0 Å². The Bertz CT molecular complexity index is 402. The molecular formula is C12H13ClFNO. The van der Waals surface area contributed by atoms with Crippen molar-refractivity contribution in [2.75, 3.05) is 6.54 Å². The molecule has 0 aliphatic carbocycles. The highest BCUT2D eigenvalue weighted by atomic mass is 35.5. The molecule has 86 valence electrons. The van der Waals surface area contributed by atoms with E-state index in [1.165, 1.54) is 6.07 Å². The molecule has 1 unspecified atom stereocenters. The average molecular weight is 242 g/mol. The third-order valence-electron chi connectivity index (χ3n) is 2.83. The van der Waals surface area contributed by atoms with Gasteiger partial charge in [0, 0.05) is 11.4 Å². The molecule has 1 saturated heterocycles. The lowest BCUT2D eigenvalue weighted by Gasteiger charge is -2.09. The van der Waals surface area contributed by atoms with Crippen molar-refractivity contribution < 1.29 is 9.18 Å². The number of hydrogen-bond acceptors (Lipinski definition) is 2. The molecule has 0 bridgehead atoms. The second-order valence-electron chi connectivity index (χ2n) is 4.03. The van der Waals surface area contributed by atoms with Gasteiger partial charge in [0.15, 0.2) is 5.78 Å². The topological polar surface area (TPSA) is 29.1 Å². The van der Waals surface area contributed by atoms with Gasteiger partial charge in [-0.3, -0.25) is 4.79 Å². The molecule has 1 aromatic rings. The number of benzene rings is 1. The molecule has 4 heteroatoms. The number of Topliss-reactive ketones (excluding diaryl/α,β-unsaturated/α-hetero) is 1. The van der Waals surface area contributed by atoms with Crippen LogP contribution in [-0.4, -0.2) is 18.4 Å². The number of carbonyl (C=O) groups is 1. The predicted molar refractivity (Wildman–Crippen MR) is 61.1 cm³/mol. The maximum absolute atomic E-state index is 13.4. The summed E-state index contributed by atoms with van der Waals surface area (Å²) in [6, 6.07) is 4.32. The minimum Gasteiger partial charge on any atom is -0.307 e. The van der Waals surface area contributed by atoms with Gasteiger partial charge in [-0.25, -0.2) is 4.39 Å². The van der Waals surface area contributed by atoms with Gasteiger partial charge >= 0.3 is 0 Å². The first-order valence-corrected chi connectivity index (χ1v) is 5.74. The van der Waals surface area contributed by atoms with E-state index in [0.29, 0.717) is 10.6 Å². The molecule has 0 saturated carbocycles. The quantitative estimate of drug-likeness (QED) is 0.880.